The standard InChI is InChI=1S/C13H15N3O3S/c1-10-2-3-12(17)13(15-10)16-20(18,19)9-6-11-4-7-14-8-5-11/h2-5,7-8,17H,6,9H2,1H3,(H,15,16). The number of sulfonamides is 1. The molecule has 0 saturated heterocycles. The number of aromatic nitrogens is 2. The van der Waals surface area contributed by atoms with Crippen molar-refractivity contribution in [2.45, 2.75) is 13.3 Å². The molecule has 0 amide bonds. The monoisotopic (exact) mass is 293 g/mol. The van der Waals surface area contributed by atoms with Crippen LogP contribution in [0, 0.1) is 6.92 Å². The topological polar surface area (TPSA) is 92.2 Å². The predicted molar refractivity (Wildman–Crippen MR) is 76.0 cm³/mol. The fourth-order valence-corrected chi connectivity index (χ4v) is 2.68. The number of aromatic hydroxyl groups is 1. The summed E-state index contributed by atoms with van der Waals surface area (Å²) < 4.78 is 26.2. The molecule has 0 radical (unpaired) electrons. The van der Waals surface area contributed by atoms with E-state index in [-0.39, 0.29) is 17.3 Å². The highest BCUT2D eigenvalue weighted by Gasteiger charge is 2.14. The summed E-state index contributed by atoms with van der Waals surface area (Å²) in [6.07, 6.45) is 3.59. The molecule has 0 spiro atoms. The zero-order valence-electron chi connectivity index (χ0n) is 10.9. The van der Waals surface area contributed by atoms with Gasteiger partial charge in [0.2, 0.25) is 10.0 Å². The third-order valence-corrected chi connectivity index (χ3v) is 3.92. The minimum absolute atomic E-state index is 0.0419. The number of hydrogen-bond acceptors (Lipinski definition) is 5. The Kier molecular flexibility index (Phi) is 4.19. The normalized spacial score (nSPS) is 11.2. The molecule has 0 bridgehead atoms. The van der Waals surface area contributed by atoms with E-state index in [0.717, 1.165) is 5.56 Å². The fourth-order valence-electron chi connectivity index (χ4n) is 1.62. The molecule has 0 aliphatic carbocycles. The maximum absolute atomic E-state index is 12.0. The van der Waals surface area contributed by atoms with Crippen LogP contribution in [0.5, 0.6) is 5.75 Å². The molecule has 0 saturated carbocycles. The fraction of sp³-hybridized carbons (Fsp3) is 0.231. The Bertz CT molecular complexity index is 687. The van der Waals surface area contributed by atoms with Crippen molar-refractivity contribution in [1.29, 1.82) is 0 Å². The molecule has 7 heteroatoms. The Balaban J connectivity index is 2.06. The number of rotatable bonds is 5. The van der Waals surface area contributed by atoms with Crippen molar-refractivity contribution >= 4 is 15.8 Å². The quantitative estimate of drug-likeness (QED) is 0.871. The number of aryl methyl sites for hydroxylation is 2. The second-order valence-electron chi connectivity index (χ2n) is 4.35. The zero-order valence-corrected chi connectivity index (χ0v) is 11.8. The second-order valence-corrected chi connectivity index (χ2v) is 6.19. The van der Waals surface area contributed by atoms with Gasteiger partial charge in [-0.3, -0.25) is 9.71 Å². The van der Waals surface area contributed by atoms with Gasteiger partial charge in [-0.1, -0.05) is 0 Å². The molecule has 0 atom stereocenters. The molecule has 0 aliphatic rings. The summed E-state index contributed by atoms with van der Waals surface area (Å²) in [5.74, 6) is -0.325. The maximum atomic E-state index is 12.0. The summed E-state index contributed by atoms with van der Waals surface area (Å²) in [6, 6.07) is 6.53. The highest BCUT2D eigenvalue weighted by molar-refractivity contribution is 7.92. The van der Waals surface area contributed by atoms with Crippen LogP contribution in [0.2, 0.25) is 0 Å². The van der Waals surface area contributed by atoms with E-state index in [4.69, 9.17) is 0 Å². The van der Waals surface area contributed by atoms with Gasteiger partial charge in [0.05, 0.1) is 5.75 Å². The van der Waals surface area contributed by atoms with Gasteiger partial charge in [-0.25, -0.2) is 13.4 Å². The first-order chi connectivity index (χ1) is 9.46. The summed E-state index contributed by atoms with van der Waals surface area (Å²) in [4.78, 5) is 7.83. The highest BCUT2D eigenvalue weighted by Crippen LogP contribution is 2.21. The second kappa shape index (κ2) is 5.87. The van der Waals surface area contributed by atoms with Crippen LogP contribution in [-0.2, 0) is 16.4 Å². The molecule has 0 unspecified atom stereocenters. The van der Waals surface area contributed by atoms with Gasteiger partial charge in [-0.15, -0.1) is 0 Å². The van der Waals surface area contributed by atoms with Crippen molar-refractivity contribution in [3.8, 4) is 5.75 Å². The van der Waals surface area contributed by atoms with Gasteiger partial charge in [0.1, 0.15) is 0 Å². The lowest BCUT2D eigenvalue weighted by Gasteiger charge is -2.09. The van der Waals surface area contributed by atoms with Gasteiger partial charge in [-0.05, 0) is 43.2 Å². The van der Waals surface area contributed by atoms with E-state index in [1.54, 1.807) is 37.5 Å². The molecule has 2 aromatic rings. The smallest absolute Gasteiger partial charge is 0.234 e. The van der Waals surface area contributed by atoms with Crippen LogP contribution in [0.15, 0.2) is 36.7 Å². The minimum Gasteiger partial charge on any atom is -0.504 e. The molecule has 2 rings (SSSR count). The van der Waals surface area contributed by atoms with Crippen LogP contribution in [0.3, 0.4) is 0 Å². The van der Waals surface area contributed by atoms with Gasteiger partial charge < -0.3 is 5.11 Å². The van der Waals surface area contributed by atoms with Crippen molar-refractivity contribution in [2.75, 3.05) is 10.5 Å². The van der Waals surface area contributed by atoms with Crippen molar-refractivity contribution < 1.29 is 13.5 Å². The van der Waals surface area contributed by atoms with E-state index < -0.39 is 10.0 Å². The number of pyridine rings is 2. The van der Waals surface area contributed by atoms with E-state index >= 15 is 0 Å². The number of nitrogens with zero attached hydrogens (tertiary/aromatic N) is 2. The van der Waals surface area contributed by atoms with Crippen molar-refractivity contribution in [3.05, 3.63) is 47.9 Å². The maximum Gasteiger partial charge on any atom is 0.234 e. The van der Waals surface area contributed by atoms with Gasteiger partial charge in [0.15, 0.2) is 11.6 Å². The lowest BCUT2D eigenvalue weighted by molar-refractivity contribution is 0.475. The largest absolute Gasteiger partial charge is 0.504 e. The summed E-state index contributed by atoms with van der Waals surface area (Å²) in [5.41, 5.74) is 1.50. The Morgan fingerprint density at radius 3 is 2.60 bits per heavy atom. The first-order valence-electron chi connectivity index (χ1n) is 6.02. The highest BCUT2D eigenvalue weighted by atomic mass is 32.2. The molecule has 0 aliphatic heterocycles. The van der Waals surface area contributed by atoms with Crippen LogP contribution < -0.4 is 4.72 Å². The third kappa shape index (κ3) is 3.92. The van der Waals surface area contributed by atoms with E-state index in [0.29, 0.717) is 12.1 Å². The van der Waals surface area contributed by atoms with Crippen LogP contribution in [0.25, 0.3) is 0 Å². The molecule has 6 nitrogen and oxygen atoms in total. The lowest BCUT2D eigenvalue weighted by atomic mass is 10.2. The molecule has 0 fully saturated rings. The number of anilines is 1. The summed E-state index contributed by atoms with van der Waals surface area (Å²) >= 11 is 0. The Morgan fingerprint density at radius 2 is 1.90 bits per heavy atom. The van der Waals surface area contributed by atoms with Crippen LogP contribution in [0.4, 0.5) is 5.82 Å². The van der Waals surface area contributed by atoms with Gasteiger partial charge in [0, 0.05) is 18.1 Å². The number of nitrogens with one attached hydrogen (secondary N) is 1. The molecule has 106 valence electrons. The molecular formula is C13H15N3O3S. The first kappa shape index (κ1) is 14.3. The summed E-state index contributed by atoms with van der Waals surface area (Å²) in [6.45, 7) is 1.72. The Labute approximate surface area is 117 Å². The molecule has 2 N–H and O–H groups in total. The average molecular weight is 293 g/mol. The van der Waals surface area contributed by atoms with Crippen LogP contribution in [-0.4, -0.2) is 29.2 Å². The van der Waals surface area contributed by atoms with E-state index in [1.165, 1.54) is 6.07 Å². The van der Waals surface area contributed by atoms with E-state index in [1.807, 2.05) is 0 Å². The predicted octanol–water partition coefficient (Wildman–Crippen LogP) is 1.48. The third-order valence-electron chi connectivity index (χ3n) is 2.67. The van der Waals surface area contributed by atoms with Gasteiger partial charge in [-0.2, -0.15) is 0 Å². The Morgan fingerprint density at radius 1 is 1.20 bits per heavy atom. The lowest BCUT2D eigenvalue weighted by Crippen LogP contribution is -2.19. The number of hydrogen-bond donors (Lipinski definition) is 2. The van der Waals surface area contributed by atoms with Gasteiger partial charge in [0.25, 0.3) is 0 Å². The molecule has 0 aromatic carbocycles. The molecule has 2 aromatic heterocycles. The molecular weight excluding hydrogens is 278 g/mol. The van der Waals surface area contributed by atoms with Crippen molar-refractivity contribution in [1.82, 2.24) is 9.97 Å². The van der Waals surface area contributed by atoms with Crippen molar-refractivity contribution in [3.63, 3.8) is 0 Å². The van der Waals surface area contributed by atoms with Crippen molar-refractivity contribution in [2.24, 2.45) is 0 Å². The molecule has 20 heavy (non-hydrogen) atoms. The first-order valence-corrected chi connectivity index (χ1v) is 7.67. The zero-order chi connectivity index (χ0) is 14.6. The van der Waals surface area contributed by atoms with Gasteiger partial charge >= 0.3 is 0 Å². The average Bonchev–Trinajstić information content (AvgIpc) is 2.42. The Hall–Kier alpha value is -2.15. The SMILES string of the molecule is Cc1ccc(O)c(NS(=O)(=O)CCc2ccncc2)n1. The van der Waals surface area contributed by atoms with Crippen LogP contribution >= 0.6 is 0 Å². The van der Waals surface area contributed by atoms with Crippen LogP contribution in [0.1, 0.15) is 11.3 Å². The van der Waals surface area contributed by atoms with E-state index in [2.05, 4.69) is 14.7 Å². The summed E-state index contributed by atoms with van der Waals surface area (Å²) in [5, 5.41) is 9.59. The summed E-state index contributed by atoms with van der Waals surface area (Å²) in [7, 11) is -3.56. The van der Waals surface area contributed by atoms with E-state index in [9.17, 15) is 13.5 Å². The minimum atomic E-state index is -3.56. The molecule has 2 heterocycles.